The number of nitrogens with one attached hydrogen (secondary N) is 1. The number of thiazole rings is 1. The van der Waals surface area contributed by atoms with Crippen molar-refractivity contribution in [2.45, 2.75) is 33.6 Å². The summed E-state index contributed by atoms with van der Waals surface area (Å²) in [4.78, 5) is 16.2. The van der Waals surface area contributed by atoms with Crippen LogP contribution in [0.4, 0.5) is 5.13 Å². The van der Waals surface area contributed by atoms with E-state index in [2.05, 4.69) is 24.1 Å². The molecule has 1 rings (SSSR count). The van der Waals surface area contributed by atoms with E-state index in [-0.39, 0.29) is 18.3 Å². The second-order valence-electron chi connectivity index (χ2n) is 4.77. The fraction of sp³-hybridized carbons (Fsp3) is 0.636. The zero-order valence-electron chi connectivity index (χ0n) is 10.6. The molecule has 3 N–H and O–H groups in total. The summed E-state index contributed by atoms with van der Waals surface area (Å²) in [5.74, 6) is 0.295. The summed E-state index contributed by atoms with van der Waals surface area (Å²) in [7, 11) is 0. The van der Waals surface area contributed by atoms with Crippen molar-refractivity contribution >= 4 is 34.8 Å². The Morgan fingerprint density at radius 1 is 1.59 bits per heavy atom. The summed E-state index contributed by atoms with van der Waals surface area (Å²) in [6.45, 7) is 8.11. The number of nitrogens with two attached hydrogens (primary N) is 1. The van der Waals surface area contributed by atoms with E-state index in [1.54, 1.807) is 0 Å². The Morgan fingerprint density at radius 3 is 2.59 bits per heavy atom. The first-order valence-electron chi connectivity index (χ1n) is 5.34. The summed E-state index contributed by atoms with van der Waals surface area (Å²) in [6, 6.07) is 0. The van der Waals surface area contributed by atoms with Crippen LogP contribution in [0.2, 0.25) is 0 Å². The number of hydrogen-bond acceptors (Lipinski definition) is 4. The normalized spacial score (nSPS) is 11.2. The van der Waals surface area contributed by atoms with Gasteiger partial charge < -0.3 is 11.1 Å². The molecule has 4 nitrogen and oxygen atoms in total. The summed E-state index contributed by atoms with van der Waals surface area (Å²) >= 11 is 1.45. The fourth-order valence-corrected chi connectivity index (χ4v) is 1.83. The van der Waals surface area contributed by atoms with Crippen LogP contribution in [0, 0.1) is 5.41 Å². The van der Waals surface area contributed by atoms with E-state index < -0.39 is 5.41 Å². The monoisotopic (exact) mass is 277 g/mol. The highest BCUT2D eigenvalue weighted by Crippen LogP contribution is 2.23. The number of carbonyl (C=O) groups is 1. The molecule has 0 aliphatic heterocycles. The SMILES string of the molecule is CC(C)c1csc(NC(=O)C(C)(C)CN)n1.Cl. The van der Waals surface area contributed by atoms with Crippen molar-refractivity contribution < 1.29 is 4.79 Å². The van der Waals surface area contributed by atoms with Crippen molar-refractivity contribution in [2.24, 2.45) is 11.1 Å². The van der Waals surface area contributed by atoms with Gasteiger partial charge in [0.2, 0.25) is 5.91 Å². The Hall–Kier alpha value is -0.650. The lowest BCUT2D eigenvalue weighted by molar-refractivity contribution is -0.123. The maximum Gasteiger partial charge on any atom is 0.233 e. The van der Waals surface area contributed by atoms with Gasteiger partial charge in [-0.05, 0) is 19.8 Å². The van der Waals surface area contributed by atoms with Crippen LogP contribution in [0.5, 0.6) is 0 Å². The molecule has 98 valence electrons. The summed E-state index contributed by atoms with van der Waals surface area (Å²) < 4.78 is 0. The Bertz CT molecular complexity index is 377. The average molecular weight is 278 g/mol. The molecule has 1 heterocycles. The van der Waals surface area contributed by atoms with Gasteiger partial charge in [0.25, 0.3) is 0 Å². The largest absolute Gasteiger partial charge is 0.329 e. The number of anilines is 1. The van der Waals surface area contributed by atoms with Crippen molar-refractivity contribution in [1.29, 1.82) is 0 Å². The second-order valence-corrected chi connectivity index (χ2v) is 5.63. The molecule has 1 aromatic heterocycles. The maximum atomic E-state index is 11.8. The van der Waals surface area contributed by atoms with Crippen LogP contribution in [0.3, 0.4) is 0 Å². The van der Waals surface area contributed by atoms with Crippen LogP contribution in [0.15, 0.2) is 5.38 Å². The van der Waals surface area contributed by atoms with E-state index in [1.807, 2.05) is 19.2 Å². The highest BCUT2D eigenvalue weighted by molar-refractivity contribution is 7.13. The van der Waals surface area contributed by atoms with Gasteiger partial charge in [-0.2, -0.15) is 0 Å². The van der Waals surface area contributed by atoms with Crippen LogP contribution < -0.4 is 11.1 Å². The van der Waals surface area contributed by atoms with Gasteiger partial charge in [0.05, 0.1) is 11.1 Å². The second kappa shape index (κ2) is 6.33. The molecule has 0 aliphatic rings. The Kier molecular flexibility index (Phi) is 6.09. The minimum Gasteiger partial charge on any atom is -0.329 e. The van der Waals surface area contributed by atoms with Gasteiger partial charge in [0.15, 0.2) is 5.13 Å². The lowest BCUT2D eigenvalue weighted by Crippen LogP contribution is -2.37. The summed E-state index contributed by atoms with van der Waals surface area (Å²) in [5.41, 5.74) is 5.99. The topological polar surface area (TPSA) is 68.0 Å². The van der Waals surface area contributed by atoms with Crippen LogP contribution in [-0.2, 0) is 4.79 Å². The van der Waals surface area contributed by atoms with E-state index in [9.17, 15) is 4.79 Å². The first-order chi connectivity index (χ1) is 7.36. The van der Waals surface area contributed by atoms with Crippen LogP contribution in [0.1, 0.15) is 39.3 Å². The summed E-state index contributed by atoms with van der Waals surface area (Å²) in [6.07, 6.45) is 0. The Balaban J connectivity index is 0.00000256. The molecule has 0 unspecified atom stereocenters. The molecule has 0 aromatic carbocycles. The van der Waals surface area contributed by atoms with Gasteiger partial charge in [-0.1, -0.05) is 13.8 Å². The summed E-state index contributed by atoms with van der Waals surface area (Å²) in [5, 5.41) is 5.41. The van der Waals surface area contributed by atoms with Gasteiger partial charge in [-0.15, -0.1) is 23.7 Å². The third kappa shape index (κ3) is 4.26. The van der Waals surface area contributed by atoms with Crippen molar-refractivity contribution in [3.05, 3.63) is 11.1 Å². The number of aromatic nitrogens is 1. The van der Waals surface area contributed by atoms with E-state index in [0.29, 0.717) is 17.6 Å². The molecule has 0 fully saturated rings. The molecule has 0 spiro atoms. The van der Waals surface area contributed by atoms with E-state index in [1.165, 1.54) is 11.3 Å². The van der Waals surface area contributed by atoms with E-state index in [4.69, 9.17) is 5.73 Å². The fourth-order valence-electron chi connectivity index (χ4n) is 0.968. The number of rotatable bonds is 4. The third-order valence-corrected chi connectivity index (χ3v) is 3.23. The van der Waals surface area contributed by atoms with E-state index >= 15 is 0 Å². The highest BCUT2D eigenvalue weighted by atomic mass is 35.5. The van der Waals surface area contributed by atoms with Crippen molar-refractivity contribution in [3.8, 4) is 0 Å². The predicted molar refractivity (Wildman–Crippen MR) is 74.9 cm³/mol. The molecule has 0 aliphatic carbocycles. The van der Waals surface area contributed by atoms with Crippen LogP contribution in [0.25, 0.3) is 0 Å². The molecular formula is C11H20ClN3OS. The Labute approximate surface area is 112 Å². The van der Waals surface area contributed by atoms with Gasteiger partial charge in [-0.25, -0.2) is 4.98 Å². The lowest BCUT2D eigenvalue weighted by atomic mass is 9.93. The molecular weight excluding hydrogens is 258 g/mol. The first-order valence-corrected chi connectivity index (χ1v) is 6.21. The first kappa shape index (κ1) is 16.4. The third-order valence-electron chi connectivity index (χ3n) is 2.46. The number of amides is 1. The number of carbonyl (C=O) groups excluding carboxylic acids is 1. The molecule has 1 aromatic rings. The minimum atomic E-state index is -0.552. The van der Waals surface area contributed by atoms with Crippen LogP contribution >= 0.6 is 23.7 Å². The molecule has 6 heteroatoms. The lowest BCUT2D eigenvalue weighted by Gasteiger charge is -2.20. The number of halogens is 1. The Morgan fingerprint density at radius 2 is 2.18 bits per heavy atom. The van der Waals surface area contributed by atoms with Gasteiger partial charge in [-0.3, -0.25) is 4.79 Å². The average Bonchev–Trinajstić information content (AvgIpc) is 2.66. The molecule has 17 heavy (non-hydrogen) atoms. The van der Waals surface area contributed by atoms with Gasteiger partial charge in [0, 0.05) is 11.9 Å². The van der Waals surface area contributed by atoms with Crippen molar-refractivity contribution in [3.63, 3.8) is 0 Å². The molecule has 0 radical (unpaired) electrons. The molecule has 0 saturated heterocycles. The molecule has 1 amide bonds. The highest BCUT2D eigenvalue weighted by Gasteiger charge is 2.26. The quantitative estimate of drug-likeness (QED) is 0.889. The van der Waals surface area contributed by atoms with Crippen molar-refractivity contribution in [1.82, 2.24) is 4.98 Å². The number of hydrogen-bond donors (Lipinski definition) is 2. The minimum absolute atomic E-state index is 0. The van der Waals surface area contributed by atoms with E-state index in [0.717, 1.165) is 5.69 Å². The number of nitrogens with zero attached hydrogens (tertiary/aromatic N) is 1. The molecule has 0 bridgehead atoms. The van der Waals surface area contributed by atoms with Gasteiger partial charge in [0.1, 0.15) is 0 Å². The standard InChI is InChI=1S/C11H19N3OS.ClH/c1-7(2)8-5-16-10(13-8)14-9(15)11(3,4)6-12;/h5,7H,6,12H2,1-4H3,(H,13,14,15);1H. The van der Waals surface area contributed by atoms with Crippen molar-refractivity contribution in [2.75, 3.05) is 11.9 Å². The van der Waals surface area contributed by atoms with Crippen LogP contribution in [-0.4, -0.2) is 17.4 Å². The smallest absolute Gasteiger partial charge is 0.233 e. The maximum absolute atomic E-state index is 11.8. The zero-order valence-corrected chi connectivity index (χ0v) is 12.2. The van der Waals surface area contributed by atoms with Gasteiger partial charge >= 0.3 is 0 Å². The molecule has 0 saturated carbocycles. The predicted octanol–water partition coefficient (Wildman–Crippen LogP) is 2.61. The molecule has 0 atom stereocenters. The zero-order chi connectivity index (χ0) is 12.3.